The van der Waals surface area contributed by atoms with Crippen LogP contribution in [-0.2, 0) is 4.74 Å². The summed E-state index contributed by atoms with van der Waals surface area (Å²) in [6, 6.07) is 4.60. The molecular formula is C12H18N2O3. The maximum Gasteiger partial charge on any atom is 0.337 e. The zero-order chi connectivity index (χ0) is 13.0. The van der Waals surface area contributed by atoms with Crippen LogP contribution in [0.15, 0.2) is 18.2 Å². The van der Waals surface area contributed by atoms with Gasteiger partial charge in [0.2, 0.25) is 0 Å². The van der Waals surface area contributed by atoms with Crippen LogP contribution in [0.4, 0.5) is 5.69 Å². The first-order chi connectivity index (χ1) is 8.01. The van der Waals surface area contributed by atoms with E-state index in [4.69, 9.17) is 10.8 Å². The summed E-state index contributed by atoms with van der Waals surface area (Å²) in [6.07, 6.45) is 0. The molecule has 0 heterocycles. The zero-order valence-electron chi connectivity index (χ0n) is 10.3. The van der Waals surface area contributed by atoms with Crippen molar-refractivity contribution >= 4 is 11.7 Å². The van der Waals surface area contributed by atoms with E-state index in [1.165, 1.54) is 7.11 Å². The Kier molecular flexibility index (Phi) is 4.48. The van der Waals surface area contributed by atoms with Crippen molar-refractivity contribution in [1.29, 1.82) is 0 Å². The number of nitrogens with zero attached hydrogens (tertiary/aromatic N) is 1. The van der Waals surface area contributed by atoms with Gasteiger partial charge in [0.15, 0.2) is 0 Å². The second-order valence-electron chi connectivity index (χ2n) is 3.95. The van der Waals surface area contributed by atoms with Gasteiger partial charge in [0.05, 0.1) is 25.3 Å². The van der Waals surface area contributed by atoms with Crippen molar-refractivity contribution in [3.8, 4) is 0 Å². The van der Waals surface area contributed by atoms with Crippen LogP contribution in [0, 0.1) is 0 Å². The van der Waals surface area contributed by atoms with Crippen LogP contribution in [0.1, 0.15) is 22.0 Å². The third-order valence-corrected chi connectivity index (χ3v) is 2.53. The molecule has 1 aromatic rings. The molecule has 0 bridgehead atoms. The molecule has 0 aliphatic rings. The lowest BCUT2D eigenvalue weighted by molar-refractivity contribution is 0.0600. The largest absolute Gasteiger partial charge is 0.465 e. The number of carbonyl (C=O) groups excluding carboxylic acids is 1. The minimum atomic E-state index is -0.517. The highest BCUT2D eigenvalue weighted by molar-refractivity contribution is 5.90. The first-order valence-electron chi connectivity index (χ1n) is 5.27. The van der Waals surface area contributed by atoms with Crippen molar-refractivity contribution < 1.29 is 14.6 Å². The summed E-state index contributed by atoms with van der Waals surface area (Å²) >= 11 is 0. The summed E-state index contributed by atoms with van der Waals surface area (Å²) in [5, 5.41) is 9.12. The van der Waals surface area contributed by atoms with Gasteiger partial charge >= 0.3 is 5.97 Å². The Bertz CT molecular complexity index is 405. The van der Waals surface area contributed by atoms with Crippen molar-refractivity contribution in [3.05, 3.63) is 29.3 Å². The molecule has 0 saturated heterocycles. The Morgan fingerprint density at radius 2 is 2.18 bits per heavy atom. The van der Waals surface area contributed by atoms with Crippen LogP contribution in [0.2, 0.25) is 0 Å². The van der Waals surface area contributed by atoms with Gasteiger partial charge in [0, 0.05) is 19.8 Å². The molecule has 5 nitrogen and oxygen atoms in total. The molecule has 0 radical (unpaired) electrons. The SMILES string of the molecule is COC(=O)c1ccc(N(C)C)c([C@@H](N)CO)c1. The molecule has 0 fully saturated rings. The van der Waals surface area contributed by atoms with E-state index >= 15 is 0 Å². The molecule has 1 aromatic carbocycles. The summed E-state index contributed by atoms with van der Waals surface area (Å²) < 4.78 is 4.65. The van der Waals surface area contributed by atoms with Crippen molar-refractivity contribution in [3.63, 3.8) is 0 Å². The van der Waals surface area contributed by atoms with Crippen LogP contribution < -0.4 is 10.6 Å². The van der Waals surface area contributed by atoms with E-state index in [2.05, 4.69) is 4.74 Å². The van der Waals surface area contributed by atoms with Crippen molar-refractivity contribution in [2.45, 2.75) is 6.04 Å². The fourth-order valence-corrected chi connectivity index (χ4v) is 1.60. The maximum absolute atomic E-state index is 11.4. The van der Waals surface area contributed by atoms with E-state index in [1.54, 1.807) is 18.2 Å². The van der Waals surface area contributed by atoms with E-state index in [1.807, 2.05) is 19.0 Å². The molecule has 0 saturated carbocycles. The highest BCUT2D eigenvalue weighted by Crippen LogP contribution is 2.25. The lowest BCUT2D eigenvalue weighted by Gasteiger charge is -2.21. The van der Waals surface area contributed by atoms with E-state index < -0.39 is 12.0 Å². The predicted molar refractivity (Wildman–Crippen MR) is 66.1 cm³/mol. The van der Waals surface area contributed by atoms with E-state index in [0.717, 1.165) is 11.3 Å². The standard InChI is InChI=1S/C12H18N2O3/c1-14(2)11-5-4-8(12(16)17-3)6-9(11)10(13)7-15/h4-6,10,15H,7,13H2,1-3H3/t10-/m0/s1. The summed E-state index contributed by atoms with van der Waals surface area (Å²) in [7, 11) is 5.08. The molecule has 1 atom stereocenters. The topological polar surface area (TPSA) is 75.8 Å². The number of carbonyl (C=O) groups is 1. The second kappa shape index (κ2) is 5.65. The Morgan fingerprint density at radius 1 is 1.53 bits per heavy atom. The van der Waals surface area contributed by atoms with Gasteiger partial charge in [-0.1, -0.05) is 0 Å². The predicted octanol–water partition coefficient (Wildman–Crippen LogP) is 0.531. The second-order valence-corrected chi connectivity index (χ2v) is 3.95. The Morgan fingerprint density at radius 3 is 2.65 bits per heavy atom. The molecule has 0 amide bonds. The number of benzene rings is 1. The average Bonchev–Trinajstić information content (AvgIpc) is 2.35. The Balaban J connectivity index is 3.23. The minimum Gasteiger partial charge on any atom is -0.465 e. The van der Waals surface area contributed by atoms with Gasteiger partial charge < -0.3 is 20.5 Å². The van der Waals surface area contributed by atoms with E-state index in [-0.39, 0.29) is 6.61 Å². The smallest absolute Gasteiger partial charge is 0.337 e. The molecule has 17 heavy (non-hydrogen) atoms. The van der Waals surface area contributed by atoms with Crippen LogP contribution in [0.5, 0.6) is 0 Å². The van der Waals surface area contributed by atoms with Crippen molar-refractivity contribution in [2.75, 3.05) is 32.7 Å². The molecule has 5 heteroatoms. The van der Waals surface area contributed by atoms with Crippen molar-refractivity contribution in [1.82, 2.24) is 0 Å². The molecule has 0 unspecified atom stereocenters. The average molecular weight is 238 g/mol. The molecule has 0 aliphatic heterocycles. The number of hydrogen-bond acceptors (Lipinski definition) is 5. The zero-order valence-corrected chi connectivity index (χ0v) is 10.3. The molecule has 1 rings (SSSR count). The quantitative estimate of drug-likeness (QED) is 0.748. The van der Waals surface area contributed by atoms with Crippen LogP contribution >= 0.6 is 0 Å². The minimum absolute atomic E-state index is 0.175. The maximum atomic E-state index is 11.4. The van der Waals surface area contributed by atoms with Gasteiger partial charge in [-0.25, -0.2) is 4.79 Å². The van der Waals surface area contributed by atoms with E-state index in [9.17, 15) is 4.79 Å². The molecular weight excluding hydrogens is 220 g/mol. The van der Waals surface area contributed by atoms with Gasteiger partial charge in [0.25, 0.3) is 0 Å². The Labute approximate surface area is 101 Å². The fraction of sp³-hybridized carbons (Fsp3) is 0.417. The lowest BCUT2D eigenvalue weighted by atomic mass is 10.0. The van der Waals surface area contributed by atoms with Gasteiger partial charge in [-0.2, -0.15) is 0 Å². The summed E-state index contributed by atoms with van der Waals surface area (Å²) in [4.78, 5) is 13.3. The monoisotopic (exact) mass is 238 g/mol. The fourth-order valence-electron chi connectivity index (χ4n) is 1.60. The number of ether oxygens (including phenoxy) is 1. The number of hydrogen-bond donors (Lipinski definition) is 2. The van der Waals surface area contributed by atoms with Gasteiger partial charge in [-0.05, 0) is 23.8 Å². The molecule has 94 valence electrons. The Hall–Kier alpha value is -1.59. The number of aliphatic hydroxyl groups excluding tert-OH is 1. The highest BCUT2D eigenvalue weighted by Gasteiger charge is 2.15. The molecule has 0 spiro atoms. The van der Waals surface area contributed by atoms with Crippen LogP contribution in [0.25, 0.3) is 0 Å². The summed E-state index contributed by atoms with van der Waals surface area (Å²) in [5.74, 6) is -0.415. The number of methoxy groups -OCH3 is 1. The lowest BCUT2D eigenvalue weighted by Crippen LogP contribution is -2.20. The number of anilines is 1. The van der Waals surface area contributed by atoms with Gasteiger partial charge in [-0.15, -0.1) is 0 Å². The normalized spacial score (nSPS) is 12.1. The number of aliphatic hydroxyl groups is 1. The first-order valence-corrected chi connectivity index (χ1v) is 5.27. The van der Waals surface area contributed by atoms with Gasteiger partial charge in [0.1, 0.15) is 0 Å². The molecule has 3 N–H and O–H groups in total. The first kappa shape index (κ1) is 13.5. The van der Waals surface area contributed by atoms with E-state index in [0.29, 0.717) is 5.56 Å². The third kappa shape index (κ3) is 2.95. The summed E-state index contributed by atoms with van der Waals surface area (Å²) in [5.41, 5.74) is 7.84. The number of nitrogens with two attached hydrogens (primary N) is 1. The number of rotatable bonds is 4. The number of esters is 1. The summed E-state index contributed by atoms with van der Waals surface area (Å²) in [6.45, 7) is -0.175. The highest BCUT2D eigenvalue weighted by atomic mass is 16.5. The molecule has 0 aliphatic carbocycles. The molecule has 0 aromatic heterocycles. The van der Waals surface area contributed by atoms with Crippen LogP contribution in [0.3, 0.4) is 0 Å². The van der Waals surface area contributed by atoms with Gasteiger partial charge in [-0.3, -0.25) is 0 Å². The third-order valence-electron chi connectivity index (χ3n) is 2.53. The van der Waals surface area contributed by atoms with Crippen molar-refractivity contribution in [2.24, 2.45) is 5.73 Å². The van der Waals surface area contributed by atoms with Crippen LogP contribution in [-0.4, -0.2) is 38.9 Å².